The molecule has 0 aliphatic rings. The fourth-order valence-corrected chi connectivity index (χ4v) is 2.55. The summed E-state index contributed by atoms with van der Waals surface area (Å²) >= 11 is 0. The van der Waals surface area contributed by atoms with Gasteiger partial charge in [0.15, 0.2) is 11.6 Å². The van der Waals surface area contributed by atoms with E-state index < -0.39 is 28.3 Å². The number of hydrogen-bond acceptors (Lipinski definition) is 6. The van der Waals surface area contributed by atoms with Crippen LogP contribution in [0, 0.1) is 15.9 Å². The Morgan fingerprint density at radius 2 is 1.86 bits per heavy atom. The second-order valence-electron chi connectivity index (χ2n) is 5.88. The molecule has 0 spiro atoms. The summed E-state index contributed by atoms with van der Waals surface area (Å²) < 4.78 is 23.5. The molecule has 28 heavy (non-hydrogen) atoms. The quantitative estimate of drug-likeness (QED) is 0.409. The molecule has 0 heterocycles. The van der Waals surface area contributed by atoms with E-state index in [1.807, 2.05) is 0 Å². The highest BCUT2D eigenvalue weighted by molar-refractivity contribution is 5.98. The van der Waals surface area contributed by atoms with E-state index in [2.05, 4.69) is 0 Å². The van der Waals surface area contributed by atoms with E-state index >= 15 is 0 Å². The number of carbonyl (C=O) groups is 2. The minimum absolute atomic E-state index is 0.0475. The number of methoxy groups -OCH3 is 1. The zero-order valence-electron chi connectivity index (χ0n) is 15.6. The Kier molecular flexibility index (Phi) is 6.64. The van der Waals surface area contributed by atoms with Crippen molar-refractivity contribution in [3.63, 3.8) is 0 Å². The summed E-state index contributed by atoms with van der Waals surface area (Å²) in [4.78, 5) is 36.3. The van der Waals surface area contributed by atoms with Gasteiger partial charge in [-0.15, -0.1) is 0 Å². The maximum atomic E-state index is 13.8. The molecule has 2 aromatic rings. The summed E-state index contributed by atoms with van der Waals surface area (Å²) in [6.07, 6.45) is 0. The standard InChI is InChI=1S/C19H19FN2O6/c1-4-28-19(24)14-8-13(9-15(10-14)22(25)26)18(23)21(2)11-12-5-6-17(27-3)16(20)7-12/h5-10H,4,11H2,1-3H3. The molecule has 0 aliphatic heterocycles. The van der Waals surface area contributed by atoms with Crippen molar-refractivity contribution in [2.75, 3.05) is 20.8 Å². The van der Waals surface area contributed by atoms with Crippen LogP contribution in [-0.4, -0.2) is 42.5 Å². The molecule has 0 unspecified atom stereocenters. The lowest BCUT2D eigenvalue weighted by Crippen LogP contribution is -2.26. The second-order valence-corrected chi connectivity index (χ2v) is 5.88. The van der Waals surface area contributed by atoms with Crippen molar-refractivity contribution >= 4 is 17.6 Å². The number of benzene rings is 2. The Balaban J connectivity index is 2.29. The lowest BCUT2D eigenvalue weighted by molar-refractivity contribution is -0.384. The number of halogens is 1. The van der Waals surface area contributed by atoms with E-state index in [-0.39, 0.29) is 30.0 Å². The monoisotopic (exact) mass is 390 g/mol. The predicted molar refractivity (Wildman–Crippen MR) is 97.8 cm³/mol. The highest BCUT2D eigenvalue weighted by Gasteiger charge is 2.21. The van der Waals surface area contributed by atoms with Crippen molar-refractivity contribution in [3.8, 4) is 5.75 Å². The van der Waals surface area contributed by atoms with Crippen LogP contribution in [-0.2, 0) is 11.3 Å². The number of rotatable bonds is 7. The van der Waals surface area contributed by atoms with E-state index in [0.29, 0.717) is 5.56 Å². The van der Waals surface area contributed by atoms with Gasteiger partial charge in [0, 0.05) is 31.3 Å². The van der Waals surface area contributed by atoms with Gasteiger partial charge in [-0.2, -0.15) is 0 Å². The van der Waals surface area contributed by atoms with Crippen LogP contribution in [0.2, 0.25) is 0 Å². The van der Waals surface area contributed by atoms with Gasteiger partial charge in [0.25, 0.3) is 11.6 Å². The number of carbonyl (C=O) groups excluding carboxylic acids is 2. The lowest BCUT2D eigenvalue weighted by atomic mass is 10.1. The van der Waals surface area contributed by atoms with Crippen LogP contribution in [0.5, 0.6) is 5.75 Å². The van der Waals surface area contributed by atoms with Gasteiger partial charge in [-0.25, -0.2) is 9.18 Å². The molecular formula is C19H19FN2O6. The van der Waals surface area contributed by atoms with Crippen LogP contribution in [0.4, 0.5) is 10.1 Å². The number of non-ortho nitro benzene ring substituents is 1. The molecule has 2 aromatic carbocycles. The van der Waals surface area contributed by atoms with Gasteiger partial charge in [-0.3, -0.25) is 14.9 Å². The number of nitrogens with zero attached hydrogens (tertiary/aromatic N) is 2. The molecule has 9 heteroatoms. The molecule has 0 atom stereocenters. The van der Waals surface area contributed by atoms with Gasteiger partial charge in [0.05, 0.1) is 24.2 Å². The smallest absolute Gasteiger partial charge is 0.338 e. The zero-order valence-corrected chi connectivity index (χ0v) is 15.6. The van der Waals surface area contributed by atoms with Gasteiger partial charge in [-0.05, 0) is 30.7 Å². The Labute approximate surface area is 160 Å². The van der Waals surface area contributed by atoms with E-state index in [1.54, 1.807) is 13.0 Å². The first kappa shape index (κ1) is 20.8. The topological polar surface area (TPSA) is 99.0 Å². The third-order valence-electron chi connectivity index (χ3n) is 3.87. The van der Waals surface area contributed by atoms with Crippen molar-refractivity contribution in [2.24, 2.45) is 0 Å². The van der Waals surface area contributed by atoms with Crippen LogP contribution in [0.15, 0.2) is 36.4 Å². The molecule has 0 aliphatic carbocycles. The number of amides is 1. The molecule has 0 bridgehead atoms. The molecule has 0 aromatic heterocycles. The van der Waals surface area contributed by atoms with E-state index in [0.717, 1.165) is 12.1 Å². The maximum absolute atomic E-state index is 13.8. The van der Waals surface area contributed by atoms with Crippen molar-refractivity contribution in [1.29, 1.82) is 0 Å². The first-order valence-corrected chi connectivity index (χ1v) is 8.31. The van der Waals surface area contributed by atoms with E-state index in [4.69, 9.17) is 9.47 Å². The molecule has 2 rings (SSSR count). The van der Waals surface area contributed by atoms with Gasteiger partial charge in [0.1, 0.15) is 0 Å². The largest absolute Gasteiger partial charge is 0.494 e. The van der Waals surface area contributed by atoms with Crippen molar-refractivity contribution in [2.45, 2.75) is 13.5 Å². The molecule has 0 saturated heterocycles. The highest BCUT2D eigenvalue weighted by atomic mass is 19.1. The molecule has 0 fully saturated rings. The molecule has 0 saturated carbocycles. The highest BCUT2D eigenvalue weighted by Crippen LogP contribution is 2.21. The van der Waals surface area contributed by atoms with Gasteiger partial charge >= 0.3 is 5.97 Å². The second kappa shape index (κ2) is 8.94. The van der Waals surface area contributed by atoms with Crippen LogP contribution in [0.1, 0.15) is 33.2 Å². The number of ether oxygens (including phenoxy) is 2. The molecule has 8 nitrogen and oxygen atoms in total. The van der Waals surface area contributed by atoms with Crippen LogP contribution in [0.25, 0.3) is 0 Å². The molecular weight excluding hydrogens is 371 g/mol. The van der Waals surface area contributed by atoms with Gasteiger partial charge < -0.3 is 14.4 Å². The minimum Gasteiger partial charge on any atom is -0.494 e. The fraction of sp³-hybridized carbons (Fsp3) is 0.263. The molecule has 0 N–H and O–H groups in total. The average Bonchev–Trinajstić information content (AvgIpc) is 2.67. The predicted octanol–water partition coefficient (Wildman–Crippen LogP) is 3.19. The minimum atomic E-state index is -0.764. The summed E-state index contributed by atoms with van der Waals surface area (Å²) in [7, 11) is 2.81. The van der Waals surface area contributed by atoms with E-state index in [1.165, 1.54) is 37.3 Å². The average molecular weight is 390 g/mol. The first-order valence-electron chi connectivity index (χ1n) is 8.31. The molecule has 0 radical (unpaired) electrons. The summed E-state index contributed by atoms with van der Waals surface area (Å²) in [6.45, 7) is 1.74. The lowest BCUT2D eigenvalue weighted by Gasteiger charge is -2.18. The Morgan fingerprint density at radius 3 is 2.43 bits per heavy atom. The normalized spacial score (nSPS) is 10.3. The number of hydrogen-bond donors (Lipinski definition) is 0. The summed E-state index contributed by atoms with van der Waals surface area (Å²) in [5.41, 5.74) is -0.0416. The number of nitro groups is 1. The van der Waals surface area contributed by atoms with Crippen molar-refractivity contribution in [1.82, 2.24) is 4.90 Å². The van der Waals surface area contributed by atoms with Crippen LogP contribution in [0.3, 0.4) is 0 Å². The van der Waals surface area contributed by atoms with Gasteiger partial charge in [-0.1, -0.05) is 6.07 Å². The Hall–Kier alpha value is -3.49. The van der Waals surface area contributed by atoms with Crippen molar-refractivity contribution in [3.05, 3.63) is 69.0 Å². The molecule has 148 valence electrons. The molecule has 1 amide bonds. The van der Waals surface area contributed by atoms with Gasteiger partial charge in [0.2, 0.25) is 0 Å². The van der Waals surface area contributed by atoms with E-state index in [9.17, 15) is 24.1 Å². The summed E-state index contributed by atoms with van der Waals surface area (Å²) in [5, 5.41) is 11.1. The summed E-state index contributed by atoms with van der Waals surface area (Å²) in [6, 6.07) is 7.64. The fourth-order valence-electron chi connectivity index (χ4n) is 2.55. The third-order valence-corrected chi connectivity index (χ3v) is 3.87. The Bertz CT molecular complexity index is 915. The summed E-state index contributed by atoms with van der Waals surface area (Å²) in [5.74, 6) is -1.82. The van der Waals surface area contributed by atoms with Crippen LogP contribution >= 0.6 is 0 Å². The van der Waals surface area contributed by atoms with Crippen LogP contribution < -0.4 is 4.74 Å². The number of nitro benzene ring substituents is 1. The third kappa shape index (κ3) is 4.81. The zero-order chi connectivity index (χ0) is 20.8. The van der Waals surface area contributed by atoms with Crippen molar-refractivity contribution < 1.29 is 28.4 Å². The maximum Gasteiger partial charge on any atom is 0.338 e. The first-order chi connectivity index (χ1) is 13.3. The number of esters is 1. The SMILES string of the molecule is CCOC(=O)c1cc(C(=O)N(C)Cc2ccc(OC)c(F)c2)cc([N+](=O)[O-])c1. The Morgan fingerprint density at radius 1 is 1.18 bits per heavy atom.